The number of nitrogen functional groups attached to an aromatic ring is 1. The molecule has 1 aliphatic rings. The van der Waals surface area contributed by atoms with Crippen molar-refractivity contribution in [3.8, 4) is 0 Å². The van der Waals surface area contributed by atoms with Crippen LogP contribution in [0.1, 0.15) is 52.0 Å². The Morgan fingerprint density at radius 2 is 1.76 bits per heavy atom. The van der Waals surface area contributed by atoms with Gasteiger partial charge in [0, 0.05) is 12.2 Å². The number of rotatable bonds is 4. The van der Waals surface area contributed by atoms with E-state index >= 15 is 0 Å². The summed E-state index contributed by atoms with van der Waals surface area (Å²) in [4.78, 5) is 12.5. The molecule has 0 spiro atoms. The third kappa shape index (κ3) is 3.99. The van der Waals surface area contributed by atoms with Crippen molar-refractivity contribution in [3.63, 3.8) is 0 Å². The van der Waals surface area contributed by atoms with Crippen LogP contribution in [0.5, 0.6) is 0 Å². The van der Waals surface area contributed by atoms with E-state index in [1.54, 1.807) is 0 Å². The van der Waals surface area contributed by atoms with Gasteiger partial charge in [-0.3, -0.25) is 4.79 Å². The number of carbonyl (C=O) groups excluding carboxylic acids is 1. The second-order valence-electron chi connectivity index (χ2n) is 7.08. The summed E-state index contributed by atoms with van der Waals surface area (Å²) in [5, 5.41) is 3.15. The summed E-state index contributed by atoms with van der Waals surface area (Å²) < 4.78 is 0. The van der Waals surface area contributed by atoms with Gasteiger partial charge in [0.1, 0.15) is 0 Å². The molecule has 0 unspecified atom stereocenters. The highest BCUT2D eigenvalue weighted by molar-refractivity contribution is 5.87. The van der Waals surface area contributed by atoms with Crippen molar-refractivity contribution in [1.82, 2.24) is 5.32 Å². The molecule has 3 heteroatoms. The average Bonchev–Trinajstić information content (AvgIpc) is 2.46. The van der Waals surface area contributed by atoms with Crippen molar-refractivity contribution < 1.29 is 4.79 Å². The summed E-state index contributed by atoms with van der Waals surface area (Å²) in [6.07, 6.45) is 5.07. The number of hydrogen-bond donors (Lipinski definition) is 2. The molecule has 0 bridgehead atoms. The fourth-order valence-electron chi connectivity index (χ4n) is 3.02. The highest BCUT2D eigenvalue weighted by Gasteiger charge is 2.30. The molecule has 1 aromatic rings. The lowest BCUT2D eigenvalue weighted by molar-refractivity contribution is -0.125. The number of nitrogens with two attached hydrogens (primary N) is 1. The predicted molar refractivity (Wildman–Crippen MR) is 88.0 cm³/mol. The van der Waals surface area contributed by atoms with Crippen molar-refractivity contribution in [2.24, 2.45) is 11.8 Å². The van der Waals surface area contributed by atoms with E-state index in [1.807, 2.05) is 38.1 Å². The molecular weight excluding hydrogens is 260 g/mol. The first-order valence-corrected chi connectivity index (χ1v) is 8.04. The maximum Gasteiger partial charge on any atom is 0.230 e. The standard InChI is InChI=1S/C18H28N2O/c1-13-4-6-14(7-5-13)12-20-17(21)18(2,3)15-8-10-16(19)11-9-15/h8-11,13-14H,4-7,12,19H2,1-3H3,(H,20,21). The van der Waals surface area contributed by atoms with Crippen LogP contribution in [0.3, 0.4) is 0 Å². The molecule has 0 radical (unpaired) electrons. The molecule has 1 saturated carbocycles. The van der Waals surface area contributed by atoms with Crippen LogP contribution < -0.4 is 11.1 Å². The fourth-order valence-corrected chi connectivity index (χ4v) is 3.02. The number of carbonyl (C=O) groups is 1. The second kappa shape index (κ2) is 6.50. The fraction of sp³-hybridized carbons (Fsp3) is 0.611. The maximum absolute atomic E-state index is 12.5. The molecular formula is C18H28N2O. The van der Waals surface area contributed by atoms with Gasteiger partial charge in [0.05, 0.1) is 5.41 Å². The van der Waals surface area contributed by atoms with Crippen LogP contribution in [0.2, 0.25) is 0 Å². The molecule has 2 rings (SSSR count). The van der Waals surface area contributed by atoms with Gasteiger partial charge in [0.2, 0.25) is 5.91 Å². The molecule has 0 heterocycles. The Bertz CT molecular complexity index is 470. The number of hydrogen-bond acceptors (Lipinski definition) is 2. The SMILES string of the molecule is CC1CCC(CNC(=O)C(C)(C)c2ccc(N)cc2)CC1. The first-order chi connectivity index (χ1) is 9.89. The highest BCUT2D eigenvalue weighted by Crippen LogP contribution is 2.28. The molecule has 1 aliphatic carbocycles. The number of nitrogens with one attached hydrogen (secondary N) is 1. The molecule has 3 N–H and O–H groups in total. The minimum absolute atomic E-state index is 0.103. The lowest BCUT2D eigenvalue weighted by Crippen LogP contribution is -2.42. The van der Waals surface area contributed by atoms with E-state index in [1.165, 1.54) is 25.7 Å². The molecule has 1 fully saturated rings. The molecule has 0 atom stereocenters. The summed E-state index contributed by atoms with van der Waals surface area (Å²) in [5.74, 6) is 1.60. The number of anilines is 1. The maximum atomic E-state index is 12.5. The first-order valence-electron chi connectivity index (χ1n) is 8.04. The Morgan fingerprint density at radius 1 is 1.19 bits per heavy atom. The predicted octanol–water partition coefficient (Wildman–Crippen LogP) is 3.49. The Labute approximate surface area is 128 Å². The average molecular weight is 288 g/mol. The van der Waals surface area contributed by atoms with E-state index < -0.39 is 5.41 Å². The van der Waals surface area contributed by atoms with E-state index in [9.17, 15) is 4.79 Å². The van der Waals surface area contributed by atoms with Gasteiger partial charge in [0.15, 0.2) is 0 Å². The molecule has 116 valence electrons. The molecule has 0 aliphatic heterocycles. The van der Waals surface area contributed by atoms with Gasteiger partial charge in [-0.1, -0.05) is 31.9 Å². The largest absolute Gasteiger partial charge is 0.399 e. The van der Waals surface area contributed by atoms with Gasteiger partial charge in [-0.25, -0.2) is 0 Å². The van der Waals surface area contributed by atoms with Gasteiger partial charge in [-0.05, 0) is 56.2 Å². The van der Waals surface area contributed by atoms with Crippen molar-refractivity contribution in [2.45, 2.75) is 51.9 Å². The van der Waals surface area contributed by atoms with Gasteiger partial charge >= 0.3 is 0 Å². The van der Waals surface area contributed by atoms with Crippen LogP contribution in [0.4, 0.5) is 5.69 Å². The Balaban J connectivity index is 1.91. The van der Waals surface area contributed by atoms with E-state index in [0.717, 1.165) is 23.7 Å². The molecule has 1 amide bonds. The van der Waals surface area contributed by atoms with E-state index in [4.69, 9.17) is 5.73 Å². The van der Waals surface area contributed by atoms with Crippen LogP contribution in [0.15, 0.2) is 24.3 Å². The molecule has 21 heavy (non-hydrogen) atoms. The monoisotopic (exact) mass is 288 g/mol. The Morgan fingerprint density at radius 3 is 2.33 bits per heavy atom. The van der Waals surface area contributed by atoms with Gasteiger partial charge in [-0.2, -0.15) is 0 Å². The summed E-state index contributed by atoms with van der Waals surface area (Å²) in [6.45, 7) is 7.07. The van der Waals surface area contributed by atoms with Gasteiger partial charge < -0.3 is 11.1 Å². The number of amides is 1. The van der Waals surface area contributed by atoms with Gasteiger partial charge in [0.25, 0.3) is 0 Å². The van der Waals surface area contributed by atoms with E-state index in [0.29, 0.717) is 5.92 Å². The lowest BCUT2D eigenvalue weighted by atomic mass is 9.81. The molecule has 3 nitrogen and oxygen atoms in total. The van der Waals surface area contributed by atoms with Crippen molar-refractivity contribution >= 4 is 11.6 Å². The summed E-state index contributed by atoms with van der Waals surface area (Å²) in [7, 11) is 0. The zero-order chi connectivity index (χ0) is 15.5. The van der Waals surface area contributed by atoms with E-state index in [2.05, 4.69) is 12.2 Å². The number of benzene rings is 1. The highest BCUT2D eigenvalue weighted by atomic mass is 16.2. The molecule has 0 saturated heterocycles. The van der Waals surface area contributed by atoms with Gasteiger partial charge in [-0.15, -0.1) is 0 Å². The summed E-state index contributed by atoms with van der Waals surface area (Å²) >= 11 is 0. The summed E-state index contributed by atoms with van der Waals surface area (Å²) in [6, 6.07) is 7.59. The Kier molecular flexibility index (Phi) is 4.92. The molecule has 1 aromatic carbocycles. The van der Waals surface area contributed by atoms with Crippen LogP contribution in [0.25, 0.3) is 0 Å². The van der Waals surface area contributed by atoms with Crippen molar-refractivity contribution in [3.05, 3.63) is 29.8 Å². The molecule has 0 aromatic heterocycles. The van der Waals surface area contributed by atoms with Crippen LogP contribution in [0, 0.1) is 11.8 Å². The Hall–Kier alpha value is -1.51. The zero-order valence-corrected chi connectivity index (χ0v) is 13.5. The minimum atomic E-state index is -0.518. The van der Waals surface area contributed by atoms with Crippen molar-refractivity contribution in [2.75, 3.05) is 12.3 Å². The zero-order valence-electron chi connectivity index (χ0n) is 13.5. The smallest absolute Gasteiger partial charge is 0.230 e. The normalized spacial score (nSPS) is 22.8. The second-order valence-corrected chi connectivity index (χ2v) is 7.08. The van der Waals surface area contributed by atoms with E-state index in [-0.39, 0.29) is 5.91 Å². The van der Waals surface area contributed by atoms with Crippen LogP contribution in [-0.4, -0.2) is 12.5 Å². The minimum Gasteiger partial charge on any atom is -0.399 e. The lowest BCUT2D eigenvalue weighted by Gasteiger charge is -2.29. The van der Waals surface area contributed by atoms with Crippen LogP contribution >= 0.6 is 0 Å². The van der Waals surface area contributed by atoms with Crippen molar-refractivity contribution in [1.29, 1.82) is 0 Å². The van der Waals surface area contributed by atoms with Crippen LogP contribution in [-0.2, 0) is 10.2 Å². The third-order valence-electron chi connectivity index (χ3n) is 4.89. The third-order valence-corrected chi connectivity index (χ3v) is 4.89. The topological polar surface area (TPSA) is 55.1 Å². The summed E-state index contributed by atoms with van der Waals surface area (Å²) in [5.41, 5.74) is 6.93. The first kappa shape index (κ1) is 15.9. The quantitative estimate of drug-likeness (QED) is 0.833.